The molecule has 0 spiro atoms. The molecule has 2 rings (SSSR count). The lowest BCUT2D eigenvalue weighted by atomic mass is 10.2. The molecule has 102 valence electrons. The number of aromatic nitrogens is 2. The molecule has 0 amide bonds. The molecule has 0 fully saturated rings. The molecule has 0 radical (unpaired) electrons. The van der Waals surface area contributed by atoms with Gasteiger partial charge in [0.25, 0.3) is 0 Å². The normalized spacial score (nSPS) is 10.8. The second-order valence-corrected chi connectivity index (χ2v) is 5.80. The number of benzene rings is 1. The zero-order valence-corrected chi connectivity index (χ0v) is 12.6. The Hall–Kier alpha value is -0.970. The maximum absolute atomic E-state index is 6.16. The molecule has 0 bridgehead atoms. The van der Waals surface area contributed by atoms with E-state index in [1.807, 2.05) is 24.3 Å². The van der Waals surface area contributed by atoms with Crippen molar-refractivity contribution in [2.45, 2.75) is 26.2 Å². The highest BCUT2D eigenvalue weighted by atomic mass is 35.5. The smallest absolute Gasteiger partial charge is 0.149 e. The van der Waals surface area contributed by atoms with Gasteiger partial charge in [0.05, 0.1) is 5.02 Å². The van der Waals surface area contributed by atoms with E-state index < -0.39 is 0 Å². The largest absolute Gasteiger partial charge is 0.317 e. The van der Waals surface area contributed by atoms with E-state index in [0.29, 0.717) is 0 Å². The van der Waals surface area contributed by atoms with Gasteiger partial charge in [-0.2, -0.15) is 0 Å². The Labute approximate surface area is 123 Å². The first-order chi connectivity index (χ1) is 9.31. The van der Waals surface area contributed by atoms with E-state index >= 15 is 0 Å². The van der Waals surface area contributed by atoms with Gasteiger partial charge in [-0.15, -0.1) is 10.2 Å². The Morgan fingerprint density at radius 3 is 2.84 bits per heavy atom. The van der Waals surface area contributed by atoms with Crippen molar-refractivity contribution in [3.8, 4) is 10.6 Å². The maximum atomic E-state index is 6.16. The average Bonchev–Trinajstić information content (AvgIpc) is 2.88. The predicted octanol–water partition coefficient (Wildman–Crippen LogP) is 3.79. The molecule has 0 atom stereocenters. The van der Waals surface area contributed by atoms with Crippen LogP contribution in [0.5, 0.6) is 0 Å². The number of rotatable bonds is 7. The monoisotopic (exact) mass is 295 g/mol. The first-order valence-electron chi connectivity index (χ1n) is 6.59. The van der Waals surface area contributed by atoms with E-state index in [2.05, 4.69) is 22.4 Å². The molecule has 2 aromatic rings. The third-order valence-electron chi connectivity index (χ3n) is 2.74. The second-order valence-electron chi connectivity index (χ2n) is 4.33. The molecule has 0 unspecified atom stereocenters. The molecule has 0 saturated carbocycles. The van der Waals surface area contributed by atoms with E-state index in [0.717, 1.165) is 46.5 Å². The third kappa shape index (κ3) is 4.27. The summed E-state index contributed by atoms with van der Waals surface area (Å²) in [6.07, 6.45) is 3.24. The van der Waals surface area contributed by atoms with Crippen LogP contribution in [0.15, 0.2) is 24.3 Å². The van der Waals surface area contributed by atoms with Crippen molar-refractivity contribution < 1.29 is 0 Å². The molecule has 1 aromatic carbocycles. The molecule has 3 nitrogen and oxygen atoms in total. The topological polar surface area (TPSA) is 37.8 Å². The highest BCUT2D eigenvalue weighted by Gasteiger charge is 2.09. The summed E-state index contributed by atoms with van der Waals surface area (Å²) in [6, 6.07) is 7.76. The van der Waals surface area contributed by atoms with E-state index in [1.54, 1.807) is 11.3 Å². The summed E-state index contributed by atoms with van der Waals surface area (Å²) in [7, 11) is 0. The summed E-state index contributed by atoms with van der Waals surface area (Å²) in [5.41, 5.74) is 0.969. The minimum absolute atomic E-state index is 0.731. The summed E-state index contributed by atoms with van der Waals surface area (Å²) in [6.45, 7) is 4.30. The van der Waals surface area contributed by atoms with E-state index in [9.17, 15) is 0 Å². The lowest BCUT2D eigenvalue weighted by Gasteiger charge is -2.00. The standard InChI is InChI=1S/C14H18ClN3S/c1-2-9-16-10-5-8-13-17-18-14(19-13)11-6-3-4-7-12(11)15/h3-4,6-7,16H,2,5,8-10H2,1H3. The number of hydrogen-bond donors (Lipinski definition) is 1. The molecule has 0 saturated heterocycles. The van der Waals surface area contributed by atoms with Crippen LogP contribution in [0.3, 0.4) is 0 Å². The Kier molecular flexibility index (Phi) is 5.76. The number of halogens is 1. The molecule has 5 heteroatoms. The number of aryl methyl sites for hydroxylation is 1. The number of nitrogens with zero attached hydrogens (tertiary/aromatic N) is 2. The fraction of sp³-hybridized carbons (Fsp3) is 0.429. The summed E-state index contributed by atoms with van der Waals surface area (Å²) in [5, 5.41) is 14.6. The SMILES string of the molecule is CCCNCCCc1nnc(-c2ccccc2Cl)s1. The van der Waals surface area contributed by atoms with Gasteiger partial charge in [-0.3, -0.25) is 0 Å². The fourth-order valence-corrected chi connectivity index (χ4v) is 2.97. The van der Waals surface area contributed by atoms with Crippen molar-refractivity contribution in [3.05, 3.63) is 34.3 Å². The van der Waals surface area contributed by atoms with Gasteiger partial charge in [0.2, 0.25) is 0 Å². The van der Waals surface area contributed by atoms with Crippen LogP contribution in [0.1, 0.15) is 24.8 Å². The zero-order chi connectivity index (χ0) is 13.5. The average molecular weight is 296 g/mol. The molecule has 1 aromatic heterocycles. The zero-order valence-electron chi connectivity index (χ0n) is 11.0. The molecular formula is C14H18ClN3S. The minimum atomic E-state index is 0.731. The molecule has 1 heterocycles. The molecule has 0 aliphatic heterocycles. The summed E-state index contributed by atoms with van der Waals surface area (Å²) < 4.78 is 0. The van der Waals surface area contributed by atoms with Crippen molar-refractivity contribution in [3.63, 3.8) is 0 Å². The number of hydrogen-bond acceptors (Lipinski definition) is 4. The maximum Gasteiger partial charge on any atom is 0.149 e. The van der Waals surface area contributed by atoms with Crippen molar-refractivity contribution in [2.24, 2.45) is 0 Å². The van der Waals surface area contributed by atoms with Crippen LogP contribution in [0, 0.1) is 0 Å². The van der Waals surface area contributed by atoms with Crippen molar-refractivity contribution in [2.75, 3.05) is 13.1 Å². The molecule has 1 N–H and O–H groups in total. The van der Waals surface area contributed by atoms with Gasteiger partial charge in [-0.05, 0) is 32.0 Å². The van der Waals surface area contributed by atoms with E-state index in [-0.39, 0.29) is 0 Å². The molecule has 19 heavy (non-hydrogen) atoms. The van der Waals surface area contributed by atoms with Crippen LogP contribution in [0.2, 0.25) is 5.02 Å². The van der Waals surface area contributed by atoms with Crippen LogP contribution in [-0.2, 0) is 6.42 Å². The first kappa shape index (κ1) is 14.4. The Balaban J connectivity index is 1.91. The highest BCUT2D eigenvalue weighted by Crippen LogP contribution is 2.30. The van der Waals surface area contributed by atoms with Gasteiger partial charge < -0.3 is 5.32 Å². The summed E-state index contributed by atoms with van der Waals surface area (Å²) in [4.78, 5) is 0. The summed E-state index contributed by atoms with van der Waals surface area (Å²) >= 11 is 7.79. The van der Waals surface area contributed by atoms with Gasteiger partial charge in [-0.1, -0.05) is 48.1 Å². The quantitative estimate of drug-likeness (QED) is 0.790. The Morgan fingerprint density at radius 2 is 2.05 bits per heavy atom. The molecule has 0 aliphatic rings. The van der Waals surface area contributed by atoms with Crippen LogP contribution in [-0.4, -0.2) is 23.3 Å². The van der Waals surface area contributed by atoms with Gasteiger partial charge in [0.1, 0.15) is 10.0 Å². The lowest BCUT2D eigenvalue weighted by molar-refractivity contribution is 0.637. The van der Waals surface area contributed by atoms with Gasteiger partial charge >= 0.3 is 0 Å². The molecule has 0 aliphatic carbocycles. The minimum Gasteiger partial charge on any atom is -0.317 e. The van der Waals surface area contributed by atoms with Crippen molar-refractivity contribution in [1.82, 2.24) is 15.5 Å². The first-order valence-corrected chi connectivity index (χ1v) is 7.78. The fourth-order valence-electron chi connectivity index (χ4n) is 1.76. The van der Waals surface area contributed by atoms with E-state index in [4.69, 9.17) is 11.6 Å². The van der Waals surface area contributed by atoms with Gasteiger partial charge in [0, 0.05) is 12.0 Å². The van der Waals surface area contributed by atoms with Gasteiger partial charge in [0.15, 0.2) is 0 Å². The van der Waals surface area contributed by atoms with Crippen LogP contribution in [0.25, 0.3) is 10.6 Å². The van der Waals surface area contributed by atoms with Crippen LogP contribution < -0.4 is 5.32 Å². The lowest BCUT2D eigenvalue weighted by Crippen LogP contribution is -2.16. The van der Waals surface area contributed by atoms with Crippen molar-refractivity contribution in [1.29, 1.82) is 0 Å². The highest BCUT2D eigenvalue weighted by molar-refractivity contribution is 7.14. The molecular weight excluding hydrogens is 278 g/mol. The second kappa shape index (κ2) is 7.58. The van der Waals surface area contributed by atoms with E-state index in [1.165, 1.54) is 6.42 Å². The summed E-state index contributed by atoms with van der Waals surface area (Å²) in [5.74, 6) is 0. The van der Waals surface area contributed by atoms with Crippen molar-refractivity contribution >= 4 is 22.9 Å². The van der Waals surface area contributed by atoms with Gasteiger partial charge in [-0.25, -0.2) is 0 Å². The number of nitrogens with one attached hydrogen (secondary N) is 1. The predicted molar refractivity (Wildman–Crippen MR) is 81.8 cm³/mol. The Bertz CT molecular complexity index is 513. The van der Waals surface area contributed by atoms with Crippen LogP contribution in [0.4, 0.5) is 0 Å². The van der Waals surface area contributed by atoms with Crippen LogP contribution >= 0.6 is 22.9 Å². The third-order valence-corrected chi connectivity index (χ3v) is 4.09. The Morgan fingerprint density at radius 1 is 1.21 bits per heavy atom.